The number of hydrogen-bond donors (Lipinski definition) is 0. The van der Waals surface area contributed by atoms with Gasteiger partial charge in [0.25, 0.3) is 0 Å². The Morgan fingerprint density at radius 2 is 1.74 bits per heavy atom. The Hall–Kier alpha value is -1.69. The zero-order valence-corrected chi connectivity index (χ0v) is 13.9. The van der Waals surface area contributed by atoms with Gasteiger partial charge in [-0.05, 0) is 31.4 Å². The minimum atomic E-state index is -0.0518. The summed E-state index contributed by atoms with van der Waals surface area (Å²) in [6, 6.07) is 7.80. The fourth-order valence-corrected chi connectivity index (χ4v) is 3.85. The highest BCUT2D eigenvalue weighted by atomic mass is 32.2. The first kappa shape index (κ1) is 14.9. The molecule has 5 nitrogen and oxygen atoms in total. The van der Waals surface area contributed by atoms with E-state index in [1.807, 2.05) is 45.5 Å². The van der Waals surface area contributed by atoms with Crippen LogP contribution in [0.1, 0.15) is 19.3 Å². The number of nitrogens with zero attached hydrogens (tertiary/aromatic N) is 3. The number of amides is 1. The lowest BCUT2D eigenvalue weighted by molar-refractivity contribution is -0.132. The minimum Gasteiger partial charge on any atom is -0.341 e. The van der Waals surface area contributed by atoms with E-state index in [2.05, 4.69) is 0 Å². The van der Waals surface area contributed by atoms with Crippen LogP contribution in [0, 0.1) is 0 Å². The summed E-state index contributed by atoms with van der Waals surface area (Å²) in [5.41, 5.74) is 1.76. The molecule has 6 heteroatoms. The fraction of sp³-hybridized carbons (Fsp3) is 0.529. The van der Waals surface area contributed by atoms with E-state index < -0.39 is 0 Å². The summed E-state index contributed by atoms with van der Waals surface area (Å²) in [5.74, 6) is 1.19. The van der Waals surface area contributed by atoms with Crippen molar-refractivity contribution in [2.75, 3.05) is 18.8 Å². The monoisotopic (exact) mass is 331 g/mol. The first-order valence-electron chi connectivity index (χ1n) is 8.31. The molecule has 0 bridgehead atoms. The largest absolute Gasteiger partial charge is 0.341 e. The van der Waals surface area contributed by atoms with E-state index in [1.165, 1.54) is 6.42 Å². The third kappa shape index (κ3) is 2.92. The van der Waals surface area contributed by atoms with E-state index in [0.29, 0.717) is 5.25 Å². The van der Waals surface area contributed by atoms with Gasteiger partial charge in [0, 0.05) is 30.6 Å². The van der Waals surface area contributed by atoms with Gasteiger partial charge in [-0.3, -0.25) is 13.9 Å². The Morgan fingerprint density at radius 1 is 1.09 bits per heavy atom. The van der Waals surface area contributed by atoms with Crippen molar-refractivity contribution in [1.29, 1.82) is 0 Å². The lowest BCUT2D eigenvalue weighted by atomic mass is 10.1. The lowest BCUT2D eigenvalue weighted by Crippen LogP contribution is -2.39. The summed E-state index contributed by atoms with van der Waals surface area (Å²) in [5, 5.41) is 0.546. The molecule has 0 radical (unpaired) electrons. The SMILES string of the molecule is O=C(Cn1c(=O)n(C[C@@H]2CS2)c2ccccc21)N1CCCCC1. The second-order valence-corrected chi connectivity index (χ2v) is 7.70. The smallest absolute Gasteiger partial charge is 0.329 e. The van der Waals surface area contributed by atoms with Crippen LogP contribution < -0.4 is 5.69 Å². The van der Waals surface area contributed by atoms with Gasteiger partial charge in [-0.15, -0.1) is 0 Å². The van der Waals surface area contributed by atoms with Gasteiger partial charge in [0.05, 0.1) is 11.0 Å². The van der Waals surface area contributed by atoms with E-state index in [-0.39, 0.29) is 18.1 Å². The summed E-state index contributed by atoms with van der Waals surface area (Å²) in [6.07, 6.45) is 3.34. The van der Waals surface area contributed by atoms with E-state index in [4.69, 9.17) is 0 Å². The molecule has 1 aromatic carbocycles. The predicted octanol–water partition coefficient (Wildman–Crippen LogP) is 1.93. The quantitative estimate of drug-likeness (QED) is 0.804. The van der Waals surface area contributed by atoms with Crippen molar-refractivity contribution in [2.24, 2.45) is 0 Å². The number of carbonyl (C=O) groups excluding carboxylic acids is 1. The maximum absolute atomic E-state index is 12.8. The highest BCUT2D eigenvalue weighted by molar-refractivity contribution is 8.06. The molecule has 0 N–H and O–H groups in total. The second kappa shape index (κ2) is 6.07. The molecule has 1 amide bonds. The molecule has 0 spiro atoms. The van der Waals surface area contributed by atoms with Crippen LogP contribution in [-0.4, -0.2) is 44.0 Å². The van der Waals surface area contributed by atoms with Gasteiger partial charge in [0.2, 0.25) is 5.91 Å². The molecule has 2 saturated heterocycles. The summed E-state index contributed by atoms with van der Waals surface area (Å²) in [7, 11) is 0. The van der Waals surface area contributed by atoms with Crippen molar-refractivity contribution in [3.63, 3.8) is 0 Å². The summed E-state index contributed by atoms with van der Waals surface area (Å²) < 4.78 is 3.49. The number of imidazole rings is 1. The molecule has 1 aromatic heterocycles. The Labute approximate surface area is 139 Å². The highest BCUT2D eigenvalue weighted by Gasteiger charge is 2.26. The summed E-state index contributed by atoms with van der Waals surface area (Å²) in [6.45, 7) is 2.55. The number of carbonyl (C=O) groups is 1. The molecule has 3 heterocycles. The van der Waals surface area contributed by atoms with Gasteiger partial charge in [-0.1, -0.05) is 12.1 Å². The topological polar surface area (TPSA) is 47.2 Å². The molecule has 0 unspecified atom stereocenters. The van der Waals surface area contributed by atoms with E-state index in [0.717, 1.165) is 49.3 Å². The third-order valence-corrected chi connectivity index (χ3v) is 5.67. The Bertz CT molecular complexity index is 785. The first-order valence-corrected chi connectivity index (χ1v) is 9.36. The van der Waals surface area contributed by atoms with Crippen LogP contribution in [0.2, 0.25) is 0 Å². The van der Waals surface area contributed by atoms with Crippen LogP contribution in [0.5, 0.6) is 0 Å². The van der Waals surface area contributed by atoms with Gasteiger partial charge < -0.3 is 4.90 Å². The zero-order chi connectivity index (χ0) is 15.8. The average molecular weight is 331 g/mol. The number of piperidine rings is 1. The molecule has 2 fully saturated rings. The lowest BCUT2D eigenvalue weighted by Gasteiger charge is -2.26. The first-order chi connectivity index (χ1) is 11.2. The fourth-order valence-electron chi connectivity index (χ4n) is 3.36. The molecule has 0 aliphatic carbocycles. The zero-order valence-electron chi connectivity index (χ0n) is 13.1. The van der Waals surface area contributed by atoms with Gasteiger partial charge >= 0.3 is 5.69 Å². The highest BCUT2D eigenvalue weighted by Crippen LogP contribution is 2.31. The molecule has 2 aromatic rings. The van der Waals surface area contributed by atoms with E-state index >= 15 is 0 Å². The van der Waals surface area contributed by atoms with Gasteiger partial charge in [0.15, 0.2) is 0 Å². The van der Waals surface area contributed by atoms with Crippen molar-refractivity contribution in [3.8, 4) is 0 Å². The van der Waals surface area contributed by atoms with Gasteiger partial charge in [-0.25, -0.2) is 4.79 Å². The van der Waals surface area contributed by atoms with Crippen LogP contribution in [0.25, 0.3) is 11.0 Å². The molecular formula is C17H21N3O2S. The van der Waals surface area contributed by atoms with Crippen molar-refractivity contribution >= 4 is 28.7 Å². The molecular weight excluding hydrogens is 310 g/mol. The average Bonchev–Trinajstić information content (AvgIpc) is 3.38. The summed E-state index contributed by atoms with van der Waals surface area (Å²) in [4.78, 5) is 27.3. The number of rotatable bonds is 4. The molecule has 4 rings (SSSR count). The number of fused-ring (bicyclic) bond motifs is 1. The maximum atomic E-state index is 12.8. The number of benzene rings is 1. The van der Waals surface area contributed by atoms with Crippen LogP contribution in [0.15, 0.2) is 29.1 Å². The van der Waals surface area contributed by atoms with Crippen LogP contribution in [0.4, 0.5) is 0 Å². The Kier molecular flexibility index (Phi) is 3.93. The van der Waals surface area contributed by atoms with Gasteiger partial charge in [-0.2, -0.15) is 11.8 Å². The normalized spacial score (nSPS) is 20.9. The maximum Gasteiger partial charge on any atom is 0.329 e. The molecule has 1 atom stereocenters. The van der Waals surface area contributed by atoms with Crippen molar-refractivity contribution < 1.29 is 4.79 Å². The van der Waals surface area contributed by atoms with Crippen molar-refractivity contribution in [3.05, 3.63) is 34.7 Å². The van der Waals surface area contributed by atoms with Crippen LogP contribution in [0.3, 0.4) is 0 Å². The van der Waals surface area contributed by atoms with E-state index in [1.54, 1.807) is 4.57 Å². The second-order valence-electron chi connectivity index (χ2n) is 6.36. The summed E-state index contributed by atoms with van der Waals surface area (Å²) >= 11 is 1.88. The minimum absolute atomic E-state index is 0.0518. The number of thioether (sulfide) groups is 1. The van der Waals surface area contributed by atoms with Crippen LogP contribution >= 0.6 is 11.8 Å². The molecule has 23 heavy (non-hydrogen) atoms. The number of hydrogen-bond acceptors (Lipinski definition) is 3. The molecule has 122 valence electrons. The van der Waals surface area contributed by atoms with Crippen molar-refractivity contribution in [1.82, 2.24) is 14.0 Å². The predicted molar refractivity (Wildman–Crippen MR) is 92.9 cm³/mol. The Morgan fingerprint density at radius 3 is 2.39 bits per heavy atom. The number of likely N-dealkylation sites (tertiary alicyclic amines) is 1. The van der Waals surface area contributed by atoms with Crippen molar-refractivity contribution in [2.45, 2.75) is 37.6 Å². The number of para-hydroxylation sites is 2. The molecule has 0 saturated carbocycles. The molecule has 2 aliphatic rings. The van der Waals surface area contributed by atoms with E-state index in [9.17, 15) is 9.59 Å². The van der Waals surface area contributed by atoms with Gasteiger partial charge in [0.1, 0.15) is 6.54 Å². The van der Waals surface area contributed by atoms with Crippen LogP contribution in [-0.2, 0) is 17.9 Å². The third-order valence-electron chi connectivity index (χ3n) is 4.72. The standard InChI is InChI=1S/C17H21N3O2S/c21-16(18-8-4-1-5-9-18)11-20-15-7-3-2-6-14(15)19(17(20)22)10-13-12-23-13/h2-3,6-7,13H,1,4-5,8-12H2/t13-/m1/s1. The molecule has 2 aliphatic heterocycles. The number of aromatic nitrogens is 2. The Balaban J connectivity index is 1.67.